The van der Waals surface area contributed by atoms with Gasteiger partial charge in [-0.25, -0.2) is 13.1 Å². The van der Waals surface area contributed by atoms with Crippen LogP contribution >= 0.6 is 31.9 Å². The number of ether oxygens (including phenoxy) is 1. The van der Waals surface area contributed by atoms with Crippen molar-refractivity contribution in [2.75, 3.05) is 12.3 Å². The lowest BCUT2D eigenvalue weighted by Crippen LogP contribution is -2.39. The quantitative estimate of drug-likeness (QED) is 0.744. The van der Waals surface area contributed by atoms with Crippen molar-refractivity contribution in [2.24, 2.45) is 0 Å². The van der Waals surface area contributed by atoms with Gasteiger partial charge in [0.15, 0.2) is 0 Å². The molecule has 1 heterocycles. The molecule has 1 fully saturated rings. The Morgan fingerprint density at radius 3 is 2.63 bits per heavy atom. The summed E-state index contributed by atoms with van der Waals surface area (Å²) in [6.45, 7) is 2.41. The second-order valence-electron chi connectivity index (χ2n) is 4.40. The van der Waals surface area contributed by atoms with Gasteiger partial charge in [-0.15, -0.1) is 0 Å². The molecular weight excluding hydrogens is 400 g/mol. The fourth-order valence-electron chi connectivity index (χ4n) is 2.01. The first-order valence-electron chi connectivity index (χ1n) is 5.69. The van der Waals surface area contributed by atoms with E-state index in [1.807, 2.05) is 6.92 Å². The van der Waals surface area contributed by atoms with Crippen molar-refractivity contribution in [3.63, 3.8) is 0 Å². The van der Waals surface area contributed by atoms with Gasteiger partial charge >= 0.3 is 0 Å². The van der Waals surface area contributed by atoms with Crippen LogP contribution in [0.2, 0.25) is 0 Å². The topological polar surface area (TPSA) is 81.4 Å². The second kappa shape index (κ2) is 5.69. The number of nitrogen functional groups attached to an aromatic ring is 1. The molecule has 0 aliphatic carbocycles. The van der Waals surface area contributed by atoms with E-state index in [9.17, 15) is 8.42 Å². The maximum Gasteiger partial charge on any atom is 0.244 e. The third-order valence-electron chi connectivity index (χ3n) is 2.99. The summed E-state index contributed by atoms with van der Waals surface area (Å²) >= 11 is 6.50. The summed E-state index contributed by atoms with van der Waals surface area (Å²) in [5.74, 6) is 0. The van der Waals surface area contributed by atoms with Gasteiger partial charge in [-0.05, 0) is 41.4 Å². The van der Waals surface area contributed by atoms with Crippen molar-refractivity contribution in [3.8, 4) is 0 Å². The maximum absolute atomic E-state index is 12.4. The van der Waals surface area contributed by atoms with Crippen LogP contribution in [-0.2, 0) is 14.8 Å². The summed E-state index contributed by atoms with van der Waals surface area (Å²) in [5, 5.41) is 0. The Labute approximate surface area is 129 Å². The number of hydrogen-bond acceptors (Lipinski definition) is 4. The Hall–Kier alpha value is -0.150. The van der Waals surface area contributed by atoms with Gasteiger partial charge in [0.25, 0.3) is 0 Å². The van der Waals surface area contributed by atoms with Crippen LogP contribution in [0.3, 0.4) is 0 Å². The standard InChI is InChI=1S/C11H14Br2N2O3S/c1-6-10(2-3-18-6)15-19(16,17)11-8(13)4-7(12)5-9(11)14/h4-6,10,15H,2-3,14H2,1H3. The number of benzene rings is 1. The molecule has 5 nitrogen and oxygen atoms in total. The Morgan fingerprint density at radius 1 is 1.42 bits per heavy atom. The normalized spacial score (nSPS) is 23.7. The van der Waals surface area contributed by atoms with Crippen LogP contribution in [0.5, 0.6) is 0 Å². The van der Waals surface area contributed by atoms with Gasteiger partial charge in [-0.3, -0.25) is 0 Å². The lowest BCUT2D eigenvalue weighted by molar-refractivity contribution is 0.117. The Balaban J connectivity index is 2.34. The smallest absolute Gasteiger partial charge is 0.244 e. The van der Waals surface area contributed by atoms with Crippen LogP contribution in [0, 0.1) is 0 Å². The van der Waals surface area contributed by atoms with Gasteiger partial charge in [0.05, 0.1) is 17.8 Å². The van der Waals surface area contributed by atoms with E-state index < -0.39 is 10.0 Å². The van der Waals surface area contributed by atoms with Crippen LogP contribution in [0.15, 0.2) is 26.0 Å². The third kappa shape index (κ3) is 3.30. The van der Waals surface area contributed by atoms with E-state index in [1.54, 1.807) is 12.1 Å². The highest BCUT2D eigenvalue weighted by molar-refractivity contribution is 9.11. The minimum absolute atomic E-state index is 0.0646. The number of hydrogen-bond donors (Lipinski definition) is 2. The van der Waals surface area contributed by atoms with Gasteiger partial charge in [0, 0.05) is 15.6 Å². The number of nitrogens with two attached hydrogens (primary N) is 1. The van der Waals surface area contributed by atoms with E-state index in [1.165, 1.54) is 0 Å². The van der Waals surface area contributed by atoms with Crippen molar-refractivity contribution in [1.82, 2.24) is 4.72 Å². The van der Waals surface area contributed by atoms with Crippen LogP contribution in [0.25, 0.3) is 0 Å². The summed E-state index contributed by atoms with van der Waals surface area (Å²) in [6.07, 6.45) is 0.527. The number of rotatable bonds is 3. The lowest BCUT2D eigenvalue weighted by atomic mass is 10.2. The van der Waals surface area contributed by atoms with E-state index in [0.717, 1.165) is 0 Å². The predicted octanol–water partition coefficient (Wildman–Crippen LogP) is 2.25. The molecule has 1 aliphatic rings. The molecule has 0 bridgehead atoms. The highest BCUT2D eigenvalue weighted by Gasteiger charge is 2.31. The number of halogens is 2. The van der Waals surface area contributed by atoms with Crippen molar-refractivity contribution >= 4 is 47.6 Å². The fourth-order valence-corrected chi connectivity index (χ4v) is 5.42. The van der Waals surface area contributed by atoms with Gasteiger partial charge in [0.2, 0.25) is 10.0 Å². The first-order valence-corrected chi connectivity index (χ1v) is 8.76. The Bertz CT molecular complexity index is 569. The van der Waals surface area contributed by atoms with Crippen LogP contribution in [-0.4, -0.2) is 27.2 Å². The fraction of sp³-hybridized carbons (Fsp3) is 0.455. The molecule has 2 unspecified atom stereocenters. The zero-order chi connectivity index (χ0) is 14.2. The zero-order valence-corrected chi connectivity index (χ0v) is 14.2. The molecule has 3 N–H and O–H groups in total. The monoisotopic (exact) mass is 412 g/mol. The molecule has 0 aromatic heterocycles. The lowest BCUT2D eigenvalue weighted by Gasteiger charge is -2.18. The molecule has 1 aromatic carbocycles. The largest absolute Gasteiger partial charge is 0.398 e. The average molecular weight is 414 g/mol. The van der Waals surface area contributed by atoms with Crippen LogP contribution in [0.4, 0.5) is 5.69 Å². The summed E-state index contributed by atoms with van der Waals surface area (Å²) in [6, 6.07) is 2.99. The molecule has 1 aliphatic heterocycles. The number of anilines is 1. The van der Waals surface area contributed by atoms with Gasteiger partial charge in [-0.2, -0.15) is 0 Å². The minimum atomic E-state index is -3.68. The Morgan fingerprint density at radius 2 is 2.11 bits per heavy atom. The second-order valence-corrected chi connectivity index (χ2v) is 7.82. The van der Waals surface area contributed by atoms with Crippen molar-refractivity contribution in [2.45, 2.75) is 30.4 Å². The minimum Gasteiger partial charge on any atom is -0.398 e. The van der Waals surface area contributed by atoms with Crippen molar-refractivity contribution in [1.29, 1.82) is 0 Å². The van der Waals surface area contributed by atoms with E-state index in [4.69, 9.17) is 10.5 Å². The predicted molar refractivity (Wildman–Crippen MR) is 80.4 cm³/mol. The zero-order valence-electron chi connectivity index (χ0n) is 10.2. The van der Waals surface area contributed by atoms with E-state index in [2.05, 4.69) is 36.6 Å². The molecule has 1 saturated heterocycles. The summed E-state index contributed by atoms with van der Waals surface area (Å²) in [4.78, 5) is 0.0646. The van der Waals surface area contributed by atoms with Crippen molar-refractivity contribution < 1.29 is 13.2 Å². The number of sulfonamides is 1. The van der Waals surface area contributed by atoms with Gasteiger partial charge in [0.1, 0.15) is 4.90 Å². The molecule has 0 spiro atoms. The molecule has 0 radical (unpaired) electrons. The van der Waals surface area contributed by atoms with Gasteiger partial charge in [-0.1, -0.05) is 15.9 Å². The molecule has 1 aromatic rings. The van der Waals surface area contributed by atoms with E-state index >= 15 is 0 Å². The molecule has 0 amide bonds. The summed E-state index contributed by atoms with van der Waals surface area (Å²) in [5.41, 5.74) is 6.00. The highest BCUT2D eigenvalue weighted by atomic mass is 79.9. The number of nitrogens with one attached hydrogen (secondary N) is 1. The highest BCUT2D eigenvalue weighted by Crippen LogP contribution is 2.32. The Kier molecular flexibility index (Phi) is 4.56. The van der Waals surface area contributed by atoms with E-state index in [0.29, 0.717) is 22.0 Å². The molecular formula is C11H14Br2N2O3S. The third-order valence-corrected chi connectivity index (χ3v) is 5.94. The van der Waals surface area contributed by atoms with Crippen LogP contribution < -0.4 is 10.5 Å². The summed E-state index contributed by atoms with van der Waals surface area (Å²) in [7, 11) is -3.68. The average Bonchev–Trinajstić information content (AvgIpc) is 2.61. The summed E-state index contributed by atoms with van der Waals surface area (Å²) < 4.78 is 33.9. The molecule has 0 saturated carbocycles. The molecule has 2 atom stereocenters. The van der Waals surface area contributed by atoms with Crippen molar-refractivity contribution in [3.05, 3.63) is 21.1 Å². The maximum atomic E-state index is 12.4. The molecule has 8 heteroatoms. The van der Waals surface area contributed by atoms with E-state index in [-0.39, 0.29) is 22.7 Å². The van der Waals surface area contributed by atoms with Gasteiger partial charge < -0.3 is 10.5 Å². The first kappa shape index (κ1) is 15.2. The van der Waals surface area contributed by atoms with Crippen LogP contribution in [0.1, 0.15) is 13.3 Å². The molecule has 106 valence electrons. The molecule has 2 rings (SSSR count). The SMILES string of the molecule is CC1OCCC1NS(=O)(=O)c1c(N)cc(Br)cc1Br. The molecule has 19 heavy (non-hydrogen) atoms. The first-order chi connectivity index (χ1) is 8.81.